The second-order valence-electron chi connectivity index (χ2n) is 4.31. The monoisotopic (exact) mass is 284 g/mol. The molecule has 88 valence electrons. The van der Waals surface area contributed by atoms with E-state index in [4.69, 9.17) is 0 Å². The standard InChI is InChI=1S/C12H17BrN2O/c13-11-5-10(6-14-7-11)8-15-4-2-1-3-12(15)9-16/h5-7,12,16H,1-4,8-9H2. The smallest absolute Gasteiger partial charge is 0.0586 e. The Balaban J connectivity index is 2.02. The van der Waals surface area contributed by atoms with Gasteiger partial charge in [0.05, 0.1) is 6.61 Å². The molecule has 4 heteroatoms. The van der Waals surface area contributed by atoms with E-state index in [1.165, 1.54) is 18.4 Å². The Kier molecular flexibility index (Phi) is 4.32. The molecule has 0 saturated carbocycles. The molecule has 1 aliphatic rings. The van der Waals surface area contributed by atoms with Crippen molar-refractivity contribution >= 4 is 15.9 Å². The lowest BCUT2D eigenvalue weighted by molar-refractivity contribution is 0.0840. The quantitative estimate of drug-likeness (QED) is 0.925. The molecule has 1 N–H and O–H groups in total. The number of nitrogens with zero attached hydrogens (tertiary/aromatic N) is 2. The van der Waals surface area contributed by atoms with Gasteiger partial charge in [-0.15, -0.1) is 0 Å². The van der Waals surface area contributed by atoms with Crippen LogP contribution in [0.1, 0.15) is 24.8 Å². The number of halogens is 1. The minimum Gasteiger partial charge on any atom is -0.395 e. The van der Waals surface area contributed by atoms with Crippen molar-refractivity contribution in [2.24, 2.45) is 0 Å². The van der Waals surface area contributed by atoms with Crippen LogP contribution in [0.25, 0.3) is 0 Å². The van der Waals surface area contributed by atoms with E-state index in [0.29, 0.717) is 6.04 Å². The van der Waals surface area contributed by atoms with Crippen LogP contribution in [-0.4, -0.2) is 34.2 Å². The lowest BCUT2D eigenvalue weighted by atomic mass is 10.0. The number of pyridine rings is 1. The van der Waals surface area contributed by atoms with Crippen molar-refractivity contribution in [1.82, 2.24) is 9.88 Å². The number of piperidine rings is 1. The van der Waals surface area contributed by atoms with E-state index in [2.05, 4.69) is 31.9 Å². The second-order valence-corrected chi connectivity index (χ2v) is 5.23. The number of likely N-dealkylation sites (tertiary alicyclic amines) is 1. The van der Waals surface area contributed by atoms with Gasteiger partial charge in [0.25, 0.3) is 0 Å². The molecule has 0 amide bonds. The van der Waals surface area contributed by atoms with Crippen LogP contribution < -0.4 is 0 Å². The first-order valence-electron chi connectivity index (χ1n) is 5.74. The number of aliphatic hydroxyl groups is 1. The van der Waals surface area contributed by atoms with E-state index >= 15 is 0 Å². The molecule has 16 heavy (non-hydrogen) atoms. The lowest BCUT2D eigenvalue weighted by Crippen LogP contribution is -2.41. The van der Waals surface area contributed by atoms with E-state index in [1.807, 2.05) is 6.20 Å². The average molecular weight is 285 g/mol. The van der Waals surface area contributed by atoms with Gasteiger partial charge in [-0.1, -0.05) is 6.42 Å². The summed E-state index contributed by atoms with van der Waals surface area (Å²) in [5.41, 5.74) is 1.20. The normalized spacial score (nSPS) is 22.2. The second kappa shape index (κ2) is 5.75. The molecule has 0 radical (unpaired) electrons. The summed E-state index contributed by atoms with van der Waals surface area (Å²) in [6.07, 6.45) is 7.27. The molecule has 1 fully saturated rings. The molecule has 1 saturated heterocycles. The molecule has 0 spiro atoms. The minimum atomic E-state index is 0.265. The molecular weight excluding hydrogens is 268 g/mol. The van der Waals surface area contributed by atoms with Gasteiger partial charge in [-0.2, -0.15) is 0 Å². The van der Waals surface area contributed by atoms with E-state index in [1.54, 1.807) is 6.20 Å². The lowest BCUT2D eigenvalue weighted by Gasteiger charge is -2.34. The third-order valence-corrected chi connectivity index (χ3v) is 3.54. The maximum Gasteiger partial charge on any atom is 0.0586 e. The third-order valence-electron chi connectivity index (χ3n) is 3.11. The summed E-state index contributed by atoms with van der Waals surface area (Å²) in [5.74, 6) is 0. The highest BCUT2D eigenvalue weighted by Crippen LogP contribution is 2.20. The van der Waals surface area contributed by atoms with Gasteiger partial charge in [0.1, 0.15) is 0 Å². The third kappa shape index (κ3) is 3.03. The maximum atomic E-state index is 9.33. The zero-order valence-electron chi connectivity index (χ0n) is 9.27. The minimum absolute atomic E-state index is 0.265. The molecule has 0 aliphatic carbocycles. The Hall–Kier alpha value is -0.450. The van der Waals surface area contributed by atoms with Crippen molar-refractivity contribution in [3.8, 4) is 0 Å². The highest BCUT2D eigenvalue weighted by molar-refractivity contribution is 9.10. The number of rotatable bonds is 3. The maximum absolute atomic E-state index is 9.33. The van der Waals surface area contributed by atoms with Crippen LogP contribution in [0.5, 0.6) is 0 Å². The van der Waals surface area contributed by atoms with E-state index < -0.39 is 0 Å². The van der Waals surface area contributed by atoms with Crippen molar-refractivity contribution in [3.05, 3.63) is 28.5 Å². The van der Waals surface area contributed by atoms with Gasteiger partial charge in [-0.05, 0) is 46.9 Å². The first-order chi connectivity index (χ1) is 7.79. The SMILES string of the molecule is OCC1CCCCN1Cc1cncc(Br)c1. The Labute approximate surface area is 105 Å². The first-order valence-corrected chi connectivity index (χ1v) is 6.53. The fourth-order valence-corrected chi connectivity index (χ4v) is 2.66. The zero-order valence-corrected chi connectivity index (χ0v) is 10.9. The Bertz CT molecular complexity index is 346. The largest absolute Gasteiger partial charge is 0.395 e. The summed E-state index contributed by atoms with van der Waals surface area (Å²) in [5, 5.41) is 9.33. The van der Waals surface area contributed by atoms with Crippen LogP contribution in [-0.2, 0) is 6.54 Å². The Morgan fingerprint density at radius 2 is 2.31 bits per heavy atom. The van der Waals surface area contributed by atoms with Gasteiger partial charge in [0.2, 0.25) is 0 Å². The predicted molar refractivity (Wildman–Crippen MR) is 67.1 cm³/mol. The fourth-order valence-electron chi connectivity index (χ4n) is 2.25. The molecule has 1 unspecified atom stereocenters. The summed E-state index contributed by atoms with van der Waals surface area (Å²) in [6, 6.07) is 2.42. The van der Waals surface area contributed by atoms with Crippen LogP contribution >= 0.6 is 15.9 Å². The van der Waals surface area contributed by atoms with Crippen molar-refractivity contribution in [3.63, 3.8) is 0 Å². The topological polar surface area (TPSA) is 36.4 Å². The molecule has 1 atom stereocenters. The summed E-state index contributed by atoms with van der Waals surface area (Å²) in [7, 11) is 0. The fraction of sp³-hybridized carbons (Fsp3) is 0.583. The van der Waals surface area contributed by atoms with Gasteiger partial charge >= 0.3 is 0 Å². The van der Waals surface area contributed by atoms with E-state index in [0.717, 1.165) is 24.0 Å². The van der Waals surface area contributed by atoms with Crippen molar-refractivity contribution in [2.45, 2.75) is 31.8 Å². The van der Waals surface area contributed by atoms with Gasteiger partial charge in [0, 0.05) is 29.5 Å². The van der Waals surface area contributed by atoms with E-state index in [9.17, 15) is 5.11 Å². The van der Waals surface area contributed by atoms with Crippen LogP contribution in [0.2, 0.25) is 0 Å². The molecule has 0 bridgehead atoms. The van der Waals surface area contributed by atoms with Gasteiger partial charge in [-0.3, -0.25) is 9.88 Å². The molecule has 2 heterocycles. The summed E-state index contributed by atoms with van der Waals surface area (Å²) < 4.78 is 1.02. The van der Waals surface area contributed by atoms with Gasteiger partial charge in [0.15, 0.2) is 0 Å². The average Bonchev–Trinajstić information content (AvgIpc) is 2.30. The number of hydrogen-bond donors (Lipinski definition) is 1. The molecule has 2 rings (SSSR count). The van der Waals surface area contributed by atoms with E-state index in [-0.39, 0.29) is 6.61 Å². The summed E-state index contributed by atoms with van der Waals surface area (Å²) in [4.78, 5) is 6.52. The summed E-state index contributed by atoms with van der Waals surface area (Å²) in [6.45, 7) is 2.23. The first kappa shape index (κ1) is 12.0. The van der Waals surface area contributed by atoms with Crippen molar-refractivity contribution < 1.29 is 5.11 Å². The molecule has 1 aliphatic heterocycles. The predicted octanol–water partition coefficient (Wildman–Crippen LogP) is 2.19. The molecule has 1 aromatic heterocycles. The van der Waals surface area contributed by atoms with Crippen LogP contribution in [0.4, 0.5) is 0 Å². The van der Waals surface area contributed by atoms with Crippen molar-refractivity contribution in [2.75, 3.05) is 13.2 Å². The van der Waals surface area contributed by atoms with Crippen molar-refractivity contribution in [1.29, 1.82) is 0 Å². The van der Waals surface area contributed by atoms with Crippen LogP contribution in [0.3, 0.4) is 0 Å². The molecule has 0 aromatic carbocycles. The number of aliphatic hydroxyl groups excluding tert-OH is 1. The van der Waals surface area contributed by atoms with Crippen LogP contribution in [0, 0.1) is 0 Å². The Morgan fingerprint density at radius 3 is 3.06 bits per heavy atom. The number of hydrogen-bond acceptors (Lipinski definition) is 3. The zero-order chi connectivity index (χ0) is 11.4. The number of aromatic nitrogens is 1. The Morgan fingerprint density at radius 1 is 1.44 bits per heavy atom. The molecule has 3 nitrogen and oxygen atoms in total. The van der Waals surface area contributed by atoms with Crippen LogP contribution in [0.15, 0.2) is 22.9 Å². The summed E-state index contributed by atoms with van der Waals surface area (Å²) >= 11 is 3.43. The highest BCUT2D eigenvalue weighted by atomic mass is 79.9. The molecular formula is C12H17BrN2O. The molecule has 1 aromatic rings. The van der Waals surface area contributed by atoms with Gasteiger partial charge < -0.3 is 5.11 Å². The highest BCUT2D eigenvalue weighted by Gasteiger charge is 2.21. The van der Waals surface area contributed by atoms with Gasteiger partial charge in [-0.25, -0.2) is 0 Å².